The number of hydrogen-bond acceptors (Lipinski definition) is 6. The third-order valence-electron chi connectivity index (χ3n) is 5.20. The van der Waals surface area contributed by atoms with Crippen molar-refractivity contribution in [2.45, 2.75) is 49.0 Å². The molecule has 0 radical (unpaired) electrons. The van der Waals surface area contributed by atoms with Gasteiger partial charge in [-0.3, -0.25) is 9.69 Å². The maximum absolute atomic E-state index is 12.3. The summed E-state index contributed by atoms with van der Waals surface area (Å²) in [6.45, 7) is 4.04. The van der Waals surface area contributed by atoms with Crippen LogP contribution < -0.4 is 5.32 Å². The Morgan fingerprint density at radius 3 is 2.77 bits per heavy atom. The molecule has 1 aliphatic carbocycles. The zero-order valence-corrected chi connectivity index (χ0v) is 16.6. The van der Waals surface area contributed by atoms with Gasteiger partial charge in [-0.2, -0.15) is 0 Å². The van der Waals surface area contributed by atoms with Gasteiger partial charge in [0.25, 0.3) is 0 Å². The standard InChI is InChI=1S/C19H24N4OS2/c1-13-21-22-19(26-13)25-12-18(24)20-16-7-4-8-23(11-16)17-9-14-5-2-3-6-15(14)10-17/h2-3,5-6,16-17H,4,7-12H2,1H3,(H,20,24)/t16-/m0/s1. The molecule has 7 heteroatoms. The SMILES string of the molecule is Cc1nnc(SCC(=O)N[C@H]2CCCN(C3Cc4ccccc4C3)C2)s1. The van der Waals surface area contributed by atoms with Crippen molar-refractivity contribution >= 4 is 29.0 Å². The van der Waals surface area contributed by atoms with Crippen LogP contribution in [0.25, 0.3) is 0 Å². The van der Waals surface area contributed by atoms with Gasteiger partial charge in [-0.1, -0.05) is 47.4 Å². The maximum atomic E-state index is 12.3. The summed E-state index contributed by atoms with van der Waals surface area (Å²) in [6, 6.07) is 9.63. The quantitative estimate of drug-likeness (QED) is 0.798. The van der Waals surface area contributed by atoms with Crippen LogP contribution in [0.2, 0.25) is 0 Å². The molecule has 26 heavy (non-hydrogen) atoms. The minimum Gasteiger partial charge on any atom is -0.351 e. The summed E-state index contributed by atoms with van der Waals surface area (Å²) < 4.78 is 0.867. The van der Waals surface area contributed by atoms with Crippen LogP contribution in [0.3, 0.4) is 0 Å². The smallest absolute Gasteiger partial charge is 0.230 e. The Bertz CT molecular complexity index is 753. The van der Waals surface area contributed by atoms with Gasteiger partial charge in [0.15, 0.2) is 4.34 Å². The summed E-state index contributed by atoms with van der Waals surface area (Å²) in [5.74, 6) is 0.518. The van der Waals surface area contributed by atoms with Crippen LogP contribution in [0.15, 0.2) is 28.6 Å². The van der Waals surface area contributed by atoms with Gasteiger partial charge < -0.3 is 5.32 Å². The number of amides is 1. The van der Waals surface area contributed by atoms with Crippen molar-refractivity contribution in [3.05, 3.63) is 40.4 Å². The number of aromatic nitrogens is 2. The Hall–Kier alpha value is -1.44. The van der Waals surface area contributed by atoms with Crippen molar-refractivity contribution in [2.75, 3.05) is 18.8 Å². The first-order valence-corrected chi connectivity index (χ1v) is 11.0. The average Bonchev–Trinajstić information content (AvgIpc) is 3.26. The largest absolute Gasteiger partial charge is 0.351 e. The molecule has 2 aliphatic rings. The molecule has 2 aromatic rings. The lowest BCUT2D eigenvalue weighted by molar-refractivity contribution is -0.119. The Balaban J connectivity index is 1.26. The Labute approximate surface area is 162 Å². The van der Waals surface area contributed by atoms with Gasteiger partial charge in [-0.25, -0.2) is 0 Å². The van der Waals surface area contributed by atoms with Gasteiger partial charge in [-0.15, -0.1) is 10.2 Å². The van der Waals surface area contributed by atoms with Crippen LogP contribution in [0, 0.1) is 6.92 Å². The number of piperidine rings is 1. The highest BCUT2D eigenvalue weighted by molar-refractivity contribution is 8.01. The molecule has 1 N–H and O–H groups in total. The Kier molecular flexibility index (Phi) is 5.57. The van der Waals surface area contributed by atoms with E-state index in [2.05, 4.69) is 44.7 Å². The lowest BCUT2D eigenvalue weighted by Crippen LogP contribution is -2.51. The number of nitrogens with one attached hydrogen (secondary N) is 1. The maximum Gasteiger partial charge on any atom is 0.230 e. The first-order chi connectivity index (χ1) is 12.7. The van der Waals surface area contributed by atoms with Gasteiger partial charge >= 0.3 is 0 Å². The van der Waals surface area contributed by atoms with Crippen LogP contribution in [0.4, 0.5) is 0 Å². The lowest BCUT2D eigenvalue weighted by Gasteiger charge is -2.37. The van der Waals surface area contributed by atoms with Crippen LogP contribution in [-0.2, 0) is 17.6 Å². The molecule has 1 aliphatic heterocycles. The number of carbonyl (C=O) groups excluding carboxylic acids is 1. The minimum absolute atomic E-state index is 0.101. The summed E-state index contributed by atoms with van der Waals surface area (Å²) in [5.41, 5.74) is 2.99. The van der Waals surface area contributed by atoms with Crippen molar-refractivity contribution in [1.82, 2.24) is 20.4 Å². The number of hydrogen-bond donors (Lipinski definition) is 1. The summed E-state index contributed by atoms with van der Waals surface area (Å²) in [6.07, 6.45) is 4.51. The number of fused-ring (bicyclic) bond motifs is 1. The van der Waals surface area contributed by atoms with E-state index in [1.807, 2.05) is 6.92 Å². The number of carbonyl (C=O) groups is 1. The molecule has 1 aromatic heterocycles. The first kappa shape index (κ1) is 17.9. The molecule has 1 aromatic carbocycles. The van der Waals surface area contributed by atoms with E-state index in [0.29, 0.717) is 11.8 Å². The number of aryl methyl sites for hydroxylation is 1. The van der Waals surface area contributed by atoms with E-state index in [1.54, 1.807) is 0 Å². The van der Waals surface area contributed by atoms with E-state index < -0.39 is 0 Å². The number of benzene rings is 1. The van der Waals surface area contributed by atoms with Crippen LogP contribution in [-0.4, -0.2) is 51.9 Å². The summed E-state index contributed by atoms with van der Waals surface area (Å²) >= 11 is 3.01. The molecule has 1 amide bonds. The Morgan fingerprint density at radius 1 is 1.31 bits per heavy atom. The van der Waals surface area contributed by atoms with Crippen molar-refractivity contribution in [1.29, 1.82) is 0 Å². The van der Waals surface area contributed by atoms with Crippen molar-refractivity contribution in [2.24, 2.45) is 0 Å². The molecule has 5 nitrogen and oxygen atoms in total. The molecule has 0 unspecified atom stereocenters. The molecule has 4 rings (SSSR count). The molecule has 1 fully saturated rings. The monoisotopic (exact) mass is 388 g/mol. The van der Waals surface area contributed by atoms with Crippen LogP contribution >= 0.6 is 23.1 Å². The van der Waals surface area contributed by atoms with E-state index in [1.165, 1.54) is 34.2 Å². The topological polar surface area (TPSA) is 58.1 Å². The molecule has 2 heterocycles. The highest BCUT2D eigenvalue weighted by Gasteiger charge is 2.30. The molecule has 138 valence electrons. The van der Waals surface area contributed by atoms with Gasteiger partial charge in [0, 0.05) is 18.6 Å². The van der Waals surface area contributed by atoms with Gasteiger partial charge in [0.1, 0.15) is 5.01 Å². The minimum atomic E-state index is 0.101. The predicted molar refractivity (Wildman–Crippen MR) is 106 cm³/mol. The number of nitrogens with zero attached hydrogens (tertiary/aromatic N) is 3. The second-order valence-electron chi connectivity index (χ2n) is 7.11. The highest BCUT2D eigenvalue weighted by Crippen LogP contribution is 2.27. The molecule has 0 bridgehead atoms. The van der Waals surface area contributed by atoms with E-state index in [4.69, 9.17) is 0 Å². The lowest BCUT2D eigenvalue weighted by atomic mass is 10.0. The third kappa shape index (κ3) is 4.27. The van der Waals surface area contributed by atoms with Gasteiger partial charge in [-0.05, 0) is 50.3 Å². The first-order valence-electron chi connectivity index (χ1n) is 9.20. The van der Waals surface area contributed by atoms with Crippen molar-refractivity contribution in [3.8, 4) is 0 Å². The Morgan fingerprint density at radius 2 is 2.08 bits per heavy atom. The van der Waals surface area contributed by atoms with E-state index in [-0.39, 0.29) is 11.9 Å². The third-order valence-corrected chi connectivity index (χ3v) is 7.17. The van der Waals surface area contributed by atoms with E-state index >= 15 is 0 Å². The number of rotatable bonds is 5. The summed E-state index contributed by atoms with van der Waals surface area (Å²) in [7, 11) is 0. The number of thioether (sulfide) groups is 1. The molecule has 1 saturated heterocycles. The van der Waals surface area contributed by atoms with Crippen molar-refractivity contribution < 1.29 is 4.79 Å². The van der Waals surface area contributed by atoms with E-state index in [9.17, 15) is 4.79 Å². The number of likely N-dealkylation sites (tertiary alicyclic amines) is 1. The summed E-state index contributed by atoms with van der Waals surface area (Å²) in [5, 5.41) is 12.2. The highest BCUT2D eigenvalue weighted by atomic mass is 32.2. The fourth-order valence-electron chi connectivity index (χ4n) is 3.98. The second kappa shape index (κ2) is 8.06. The molecule has 1 atom stereocenters. The molecular weight excluding hydrogens is 364 g/mol. The molecule has 0 spiro atoms. The fourth-order valence-corrected chi connectivity index (χ4v) is 5.61. The van der Waals surface area contributed by atoms with Crippen molar-refractivity contribution in [3.63, 3.8) is 0 Å². The molecular formula is C19H24N4OS2. The van der Waals surface area contributed by atoms with E-state index in [0.717, 1.165) is 48.1 Å². The van der Waals surface area contributed by atoms with Crippen LogP contribution in [0.5, 0.6) is 0 Å². The second-order valence-corrected chi connectivity index (χ2v) is 9.51. The average molecular weight is 389 g/mol. The zero-order chi connectivity index (χ0) is 17.9. The normalized spacial score (nSPS) is 20.9. The molecule has 0 saturated carbocycles. The predicted octanol–water partition coefficient (Wildman–Crippen LogP) is 2.69. The van der Waals surface area contributed by atoms with Gasteiger partial charge in [0.05, 0.1) is 5.75 Å². The van der Waals surface area contributed by atoms with Crippen LogP contribution in [0.1, 0.15) is 29.0 Å². The summed E-state index contributed by atoms with van der Waals surface area (Å²) in [4.78, 5) is 14.9. The van der Waals surface area contributed by atoms with Gasteiger partial charge in [0.2, 0.25) is 5.91 Å². The fraction of sp³-hybridized carbons (Fsp3) is 0.526. The zero-order valence-electron chi connectivity index (χ0n) is 15.0.